The molecule has 4 fully saturated rings. The van der Waals surface area contributed by atoms with Gasteiger partial charge in [-0.3, -0.25) is 0 Å². The van der Waals surface area contributed by atoms with Crippen LogP contribution >= 0.6 is 0 Å². The molecule has 9 atom stereocenters. The number of rotatable bonds is 15. The van der Waals surface area contributed by atoms with Crippen molar-refractivity contribution in [2.24, 2.45) is 28.6 Å². The van der Waals surface area contributed by atoms with Crippen LogP contribution in [0.5, 0.6) is 0 Å². The maximum Gasteiger partial charge on any atom is 0.453 e. The highest BCUT2D eigenvalue weighted by Gasteiger charge is 2.57. The Balaban J connectivity index is 0.998. The lowest BCUT2D eigenvalue weighted by atomic mass is 9.54. The number of halogens is 5. The molecule has 6 rings (SSSR count). The molecule has 3 aliphatic carbocycles. The molecule has 2 N–H and O–H groups in total. The first kappa shape index (κ1) is 42.0. The van der Waals surface area contributed by atoms with E-state index in [1.54, 1.807) is 4.90 Å². The topological polar surface area (TPSA) is 93.1 Å². The molecule has 1 spiro atoms. The van der Waals surface area contributed by atoms with Crippen LogP contribution in [0.4, 0.5) is 26.7 Å². The number of ether oxygens (including phenoxy) is 1. The van der Waals surface area contributed by atoms with Crippen LogP contribution in [-0.4, -0.2) is 81.8 Å². The van der Waals surface area contributed by atoms with Crippen molar-refractivity contribution >= 4 is 17.3 Å². The summed E-state index contributed by atoms with van der Waals surface area (Å²) in [7, 11) is 0. The fraction of sp³-hybridized carbons (Fsp3) is 0.833. The molecule has 2 heterocycles. The van der Waals surface area contributed by atoms with Crippen molar-refractivity contribution in [1.29, 1.82) is 0 Å². The van der Waals surface area contributed by atoms with Gasteiger partial charge in [0.15, 0.2) is 0 Å². The molecule has 2 saturated carbocycles. The number of fused-ring (bicyclic) bond motifs is 5. The van der Waals surface area contributed by atoms with E-state index in [4.69, 9.17) is 4.74 Å². The highest BCUT2D eigenvalue weighted by atomic mass is 32.2. The van der Waals surface area contributed by atoms with Gasteiger partial charge in [0.2, 0.25) is 0 Å². The summed E-state index contributed by atoms with van der Waals surface area (Å²) < 4.78 is 81.4. The highest BCUT2D eigenvalue weighted by Crippen LogP contribution is 2.61. The Bertz CT molecular complexity index is 1420. The first-order valence-corrected chi connectivity index (χ1v) is 22.3. The SMILES string of the molecule is C[C@]12CCC3c4ccc(C5COCCC56CCN(C(=O)O)C[C@@H]6CCCCCCCCC[S+]([O-])CCCC(F)(F)C(F)(F)F)cc4CCC3[C@@H]1CC[C@@H]2O. The molecule has 5 unspecified atom stereocenters. The maximum atomic E-state index is 13.1. The van der Waals surface area contributed by atoms with Crippen molar-refractivity contribution in [3.8, 4) is 0 Å². The fourth-order valence-corrected chi connectivity index (χ4v) is 12.9. The first-order valence-electron chi connectivity index (χ1n) is 20.8. The largest absolute Gasteiger partial charge is 0.616 e. The van der Waals surface area contributed by atoms with E-state index in [1.165, 1.54) is 23.1 Å². The number of hydrogen-bond donors (Lipinski definition) is 2. The highest BCUT2D eigenvalue weighted by molar-refractivity contribution is 7.91. The number of benzene rings is 1. The zero-order valence-electron chi connectivity index (χ0n) is 32.0. The van der Waals surface area contributed by atoms with Gasteiger partial charge in [0, 0.05) is 32.0 Å². The lowest BCUT2D eigenvalue weighted by molar-refractivity contribution is -0.284. The number of alkyl halides is 5. The Labute approximate surface area is 321 Å². The molecule has 2 aliphatic heterocycles. The molecule has 306 valence electrons. The van der Waals surface area contributed by atoms with E-state index in [0.717, 1.165) is 89.9 Å². The van der Waals surface area contributed by atoms with Gasteiger partial charge in [-0.1, -0.05) is 68.4 Å². The third-order valence-corrected chi connectivity index (χ3v) is 16.4. The Morgan fingerprint density at radius 1 is 0.963 bits per heavy atom. The number of aliphatic hydroxyl groups is 1. The lowest BCUT2D eigenvalue weighted by Gasteiger charge is -2.54. The standard InChI is InChI=1S/C42H62F5NO5S/c1-39-19-17-33-32-13-12-30(26-29(32)11-14-34(33)35(39)15-16-37(39)49)36-28-53-23-21-40(36)20-22-48(38(50)51)27-31(40)10-7-5-3-2-4-6-8-24-54(52)25-9-18-41(43,44)42(45,46)47/h12-13,26,31,33-37,49H,2-11,14-25,27-28H2,1H3,(H,50,51)/t31-,33?,34?,35-,36?,37-,39-,40?,54?/m0/s1. The minimum atomic E-state index is -5.56. The van der Waals surface area contributed by atoms with Gasteiger partial charge in [0.1, 0.15) is 11.5 Å². The van der Waals surface area contributed by atoms with Crippen molar-refractivity contribution < 1.29 is 46.2 Å². The minimum absolute atomic E-state index is 0.0133. The van der Waals surface area contributed by atoms with Crippen molar-refractivity contribution in [2.75, 3.05) is 37.8 Å². The number of unbranched alkanes of at least 4 members (excludes halogenated alkanes) is 6. The van der Waals surface area contributed by atoms with Gasteiger partial charge in [-0.05, 0) is 128 Å². The van der Waals surface area contributed by atoms with Crippen LogP contribution in [0.15, 0.2) is 18.2 Å². The van der Waals surface area contributed by atoms with Gasteiger partial charge in [0.25, 0.3) is 0 Å². The molecule has 12 heteroatoms. The number of hydrogen-bond acceptors (Lipinski definition) is 4. The van der Waals surface area contributed by atoms with E-state index in [0.29, 0.717) is 56.2 Å². The third-order valence-electron chi connectivity index (χ3n) is 14.9. The first-order chi connectivity index (χ1) is 25.7. The summed E-state index contributed by atoms with van der Waals surface area (Å²) in [5, 5.41) is 20.8. The van der Waals surface area contributed by atoms with Crippen LogP contribution in [0.25, 0.3) is 0 Å². The Morgan fingerprint density at radius 2 is 1.69 bits per heavy atom. The van der Waals surface area contributed by atoms with Gasteiger partial charge < -0.3 is 24.4 Å². The summed E-state index contributed by atoms with van der Waals surface area (Å²) in [6.45, 7) is 4.79. The minimum Gasteiger partial charge on any atom is -0.616 e. The second-order valence-corrected chi connectivity index (χ2v) is 19.4. The van der Waals surface area contributed by atoms with Gasteiger partial charge in [0.05, 0.1) is 12.7 Å². The quantitative estimate of drug-likeness (QED) is 0.105. The van der Waals surface area contributed by atoms with Gasteiger partial charge >= 0.3 is 18.2 Å². The van der Waals surface area contributed by atoms with Gasteiger partial charge in [-0.25, -0.2) is 4.79 Å². The Hall–Kier alpha value is -1.63. The number of likely N-dealkylation sites (tertiary alicyclic amines) is 1. The number of piperidine rings is 1. The smallest absolute Gasteiger partial charge is 0.453 e. The number of carbonyl (C=O) groups is 1. The molecule has 0 radical (unpaired) electrons. The van der Waals surface area contributed by atoms with E-state index in [1.807, 2.05) is 0 Å². The molecule has 1 aromatic carbocycles. The number of amides is 1. The average Bonchev–Trinajstić information content (AvgIpc) is 3.44. The summed E-state index contributed by atoms with van der Waals surface area (Å²) in [5.41, 5.74) is 4.39. The zero-order valence-corrected chi connectivity index (χ0v) is 32.8. The monoisotopic (exact) mass is 787 g/mol. The van der Waals surface area contributed by atoms with Crippen molar-refractivity contribution in [3.05, 3.63) is 34.9 Å². The number of aryl methyl sites for hydroxylation is 1. The third kappa shape index (κ3) is 8.91. The molecular weight excluding hydrogens is 726 g/mol. The van der Waals surface area contributed by atoms with Crippen molar-refractivity contribution in [1.82, 2.24) is 4.90 Å². The van der Waals surface area contributed by atoms with Gasteiger partial charge in [-0.15, -0.1) is 0 Å². The lowest BCUT2D eigenvalue weighted by Crippen LogP contribution is -2.54. The molecule has 54 heavy (non-hydrogen) atoms. The van der Waals surface area contributed by atoms with E-state index in [-0.39, 0.29) is 34.5 Å². The summed E-state index contributed by atoms with van der Waals surface area (Å²) >= 11 is -1.39. The van der Waals surface area contributed by atoms with Crippen LogP contribution in [0, 0.1) is 28.6 Å². The molecule has 0 aromatic heterocycles. The number of nitrogens with zero attached hydrogens (tertiary/aromatic N) is 1. The van der Waals surface area contributed by atoms with Crippen LogP contribution in [0.2, 0.25) is 0 Å². The molecule has 5 aliphatic rings. The predicted molar refractivity (Wildman–Crippen MR) is 200 cm³/mol. The predicted octanol–water partition coefficient (Wildman–Crippen LogP) is 10.2. The van der Waals surface area contributed by atoms with E-state index < -0.39 is 42.2 Å². The number of aliphatic hydroxyl groups excluding tert-OH is 1. The van der Waals surface area contributed by atoms with Crippen molar-refractivity contribution in [3.63, 3.8) is 0 Å². The second kappa shape index (κ2) is 17.5. The maximum absolute atomic E-state index is 13.1. The molecule has 6 nitrogen and oxygen atoms in total. The van der Waals surface area contributed by atoms with Crippen LogP contribution in [-0.2, 0) is 22.3 Å². The Kier molecular flexibility index (Phi) is 13.6. The molecule has 1 amide bonds. The average molecular weight is 788 g/mol. The summed E-state index contributed by atoms with van der Waals surface area (Å²) in [6, 6.07) is 7.26. The molecule has 2 saturated heterocycles. The Morgan fingerprint density at radius 3 is 2.43 bits per heavy atom. The summed E-state index contributed by atoms with van der Waals surface area (Å²) in [4.78, 5) is 13.8. The van der Waals surface area contributed by atoms with Crippen molar-refractivity contribution in [2.45, 2.75) is 153 Å². The molecular formula is C42H62F5NO5S. The van der Waals surface area contributed by atoms with E-state index in [2.05, 4.69) is 25.1 Å². The summed E-state index contributed by atoms with van der Waals surface area (Å²) in [5.74, 6) is -2.26. The van der Waals surface area contributed by atoms with Gasteiger partial charge in [-0.2, -0.15) is 22.0 Å². The second-order valence-electron chi connectivity index (χ2n) is 17.7. The zero-order chi connectivity index (χ0) is 38.7. The summed E-state index contributed by atoms with van der Waals surface area (Å²) in [6.07, 6.45) is 7.57. The normalized spacial score (nSPS) is 33.3. The van der Waals surface area contributed by atoms with E-state index in [9.17, 15) is 41.5 Å². The fourth-order valence-electron chi connectivity index (χ4n) is 11.7. The number of carboxylic acid groups (broad SMARTS) is 1. The molecule has 1 aromatic rings. The van der Waals surface area contributed by atoms with Crippen LogP contribution < -0.4 is 0 Å². The van der Waals surface area contributed by atoms with E-state index >= 15 is 0 Å². The van der Waals surface area contributed by atoms with Crippen LogP contribution in [0.1, 0.15) is 145 Å². The molecule has 0 bridgehead atoms. The van der Waals surface area contributed by atoms with Crippen LogP contribution in [0.3, 0.4) is 0 Å².